The zero-order chi connectivity index (χ0) is 26.4. The summed E-state index contributed by atoms with van der Waals surface area (Å²) >= 11 is 0. The minimum absolute atomic E-state index is 0.0874. The van der Waals surface area contributed by atoms with Crippen LogP contribution in [0.25, 0.3) is 0 Å². The Kier molecular flexibility index (Phi) is 9.01. The number of nitrogens with one attached hydrogen (secondary N) is 1. The van der Waals surface area contributed by atoms with Gasteiger partial charge >= 0.3 is 11.9 Å². The quantitative estimate of drug-likeness (QED) is 0.506. The second-order valence-electron chi connectivity index (χ2n) is 9.19. The first-order valence-electron chi connectivity index (χ1n) is 12.1. The molecule has 0 spiro atoms. The number of hydrogen-bond donors (Lipinski definition) is 1. The van der Waals surface area contributed by atoms with Gasteiger partial charge in [0.2, 0.25) is 5.75 Å². The third kappa shape index (κ3) is 6.38. The van der Waals surface area contributed by atoms with Crippen molar-refractivity contribution in [1.82, 2.24) is 10.3 Å². The molecule has 0 unspecified atom stereocenters. The molecule has 1 aromatic heterocycles. The molecule has 3 rings (SSSR count). The molecule has 1 saturated carbocycles. The van der Waals surface area contributed by atoms with Gasteiger partial charge in [-0.1, -0.05) is 18.9 Å². The number of hydrogen-bond acceptors (Lipinski definition) is 7. The second kappa shape index (κ2) is 12.0. The average Bonchev–Trinajstić information content (AvgIpc) is 3.34. The molecule has 0 radical (unpaired) electrons. The SMILES string of the molecule is COc1ccnc(C(=O)N[C@@H](C)C(=O)O[C@H](C)[C@H](c2ccc(F)cc2C)C2CCCC2)c1OC(C)=O. The fourth-order valence-electron chi connectivity index (χ4n) is 4.90. The molecule has 3 atom stereocenters. The van der Waals surface area contributed by atoms with E-state index in [-0.39, 0.29) is 28.9 Å². The zero-order valence-electron chi connectivity index (χ0n) is 21.3. The van der Waals surface area contributed by atoms with Gasteiger partial charge in [-0.05, 0) is 62.8 Å². The molecular formula is C27H33FN2O6. The van der Waals surface area contributed by atoms with Crippen LogP contribution in [0.2, 0.25) is 0 Å². The van der Waals surface area contributed by atoms with E-state index in [4.69, 9.17) is 14.2 Å². The first-order chi connectivity index (χ1) is 17.1. The van der Waals surface area contributed by atoms with E-state index in [1.54, 1.807) is 6.07 Å². The summed E-state index contributed by atoms with van der Waals surface area (Å²) in [6, 6.07) is 5.15. The Morgan fingerprint density at radius 1 is 1.14 bits per heavy atom. The van der Waals surface area contributed by atoms with Crippen LogP contribution in [0, 0.1) is 18.7 Å². The number of halogens is 1. The van der Waals surface area contributed by atoms with Gasteiger partial charge in [-0.3, -0.25) is 9.59 Å². The molecule has 0 bridgehead atoms. The Morgan fingerprint density at radius 3 is 2.44 bits per heavy atom. The van der Waals surface area contributed by atoms with Crippen LogP contribution in [-0.2, 0) is 14.3 Å². The summed E-state index contributed by atoms with van der Waals surface area (Å²) in [4.78, 5) is 41.4. The van der Waals surface area contributed by atoms with Gasteiger partial charge in [-0.2, -0.15) is 0 Å². The van der Waals surface area contributed by atoms with Gasteiger partial charge < -0.3 is 19.5 Å². The van der Waals surface area contributed by atoms with Crippen LogP contribution in [0.4, 0.5) is 4.39 Å². The van der Waals surface area contributed by atoms with Crippen LogP contribution in [0.1, 0.15) is 74.0 Å². The maximum absolute atomic E-state index is 13.7. The molecule has 2 aromatic rings. The van der Waals surface area contributed by atoms with Crippen molar-refractivity contribution in [3.05, 3.63) is 53.1 Å². The third-order valence-electron chi connectivity index (χ3n) is 6.56. The zero-order valence-corrected chi connectivity index (χ0v) is 21.3. The minimum Gasteiger partial charge on any atom is -0.493 e. The minimum atomic E-state index is -1.00. The molecular weight excluding hydrogens is 467 g/mol. The van der Waals surface area contributed by atoms with Gasteiger partial charge in [0.05, 0.1) is 7.11 Å². The van der Waals surface area contributed by atoms with Crippen LogP contribution >= 0.6 is 0 Å². The molecule has 1 amide bonds. The summed E-state index contributed by atoms with van der Waals surface area (Å²) in [7, 11) is 1.37. The van der Waals surface area contributed by atoms with Gasteiger partial charge in [0.25, 0.3) is 5.91 Å². The summed E-state index contributed by atoms with van der Waals surface area (Å²) in [5, 5.41) is 2.56. The predicted molar refractivity (Wildman–Crippen MR) is 130 cm³/mol. The van der Waals surface area contributed by atoms with Gasteiger partial charge in [0.15, 0.2) is 11.4 Å². The lowest BCUT2D eigenvalue weighted by Gasteiger charge is -2.31. The van der Waals surface area contributed by atoms with Gasteiger partial charge in [0, 0.05) is 25.1 Å². The summed E-state index contributed by atoms with van der Waals surface area (Å²) in [6.07, 6.45) is 5.07. The van der Waals surface area contributed by atoms with E-state index in [9.17, 15) is 18.8 Å². The number of pyridine rings is 1. The van der Waals surface area contributed by atoms with Crippen molar-refractivity contribution in [2.45, 2.75) is 71.4 Å². The average molecular weight is 501 g/mol. The van der Waals surface area contributed by atoms with Gasteiger partial charge in [-0.25, -0.2) is 14.2 Å². The number of nitrogens with zero attached hydrogens (tertiary/aromatic N) is 1. The van der Waals surface area contributed by atoms with Gasteiger partial charge in [0.1, 0.15) is 18.0 Å². The number of benzene rings is 1. The third-order valence-corrected chi connectivity index (χ3v) is 6.56. The normalized spacial score (nSPS) is 16.1. The van der Waals surface area contributed by atoms with Crippen molar-refractivity contribution in [3.63, 3.8) is 0 Å². The highest BCUT2D eigenvalue weighted by atomic mass is 19.1. The number of aryl methyl sites for hydroxylation is 1. The number of aromatic nitrogens is 1. The Balaban J connectivity index is 1.75. The van der Waals surface area contributed by atoms with Crippen molar-refractivity contribution in [3.8, 4) is 11.5 Å². The monoisotopic (exact) mass is 500 g/mol. The Labute approximate surface area is 210 Å². The Bertz CT molecular complexity index is 1120. The summed E-state index contributed by atoms with van der Waals surface area (Å²) in [6.45, 7) is 6.39. The molecule has 36 heavy (non-hydrogen) atoms. The summed E-state index contributed by atoms with van der Waals surface area (Å²) in [5.41, 5.74) is 1.59. The van der Waals surface area contributed by atoms with Crippen LogP contribution in [0.15, 0.2) is 30.5 Å². The predicted octanol–water partition coefficient (Wildman–Crippen LogP) is 4.49. The number of carbonyl (C=O) groups excluding carboxylic acids is 3. The standard InChI is InChI=1S/C27H33FN2O6/c1-15-14-20(28)10-11-21(15)23(19-8-6-7-9-19)17(3)35-27(33)16(2)30-26(32)24-25(36-18(4)31)22(34-5)12-13-29-24/h10-14,16-17,19,23H,6-9H2,1-5H3,(H,30,32)/t16-,17+,23-/m0/s1. The van der Waals surface area contributed by atoms with Crippen LogP contribution < -0.4 is 14.8 Å². The van der Waals surface area contributed by atoms with Crippen molar-refractivity contribution >= 4 is 17.8 Å². The van der Waals surface area contributed by atoms with Crippen LogP contribution in [0.5, 0.6) is 11.5 Å². The first-order valence-corrected chi connectivity index (χ1v) is 12.1. The maximum atomic E-state index is 13.7. The van der Waals surface area contributed by atoms with Gasteiger partial charge in [-0.15, -0.1) is 0 Å². The number of carbonyl (C=O) groups is 3. The molecule has 9 heteroatoms. The number of ether oxygens (including phenoxy) is 3. The smallest absolute Gasteiger partial charge is 0.328 e. The first kappa shape index (κ1) is 27.1. The molecule has 1 fully saturated rings. The fourth-order valence-corrected chi connectivity index (χ4v) is 4.90. The molecule has 1 aromatic carbocycles. The van der Waals surface area contributed by atoms with Crippen molar-refractivity contribution in [1.29, 1.82) is 0 Å². The highest BCUT2D eigenvalue weighted by Crippen LogP contribution is 2.41. The molecule has 0 aliphatic heterocycles. The number of rotatable bonds is 9. The fraction of sp³-hybridized carbons (Fsp3) is 0.481. The van der Waals surface area contributed by atoms with Crippen molar-refractivity contribution in [2.75, 3.05) is 7.11 Å². The Hall–Kier alpha value is -3.49. The van der Waals surface area contributed by atoms with E-state index in [1.165, 1.54) is 45.4 Å². The van der Waals surface area contributed by atoms with E-state index in [0.29, 0.717) is 5.92 Å². The van der Waals surface area contributed by atoms with Crippen LogP contribution in [0.3, 0.4) is 0 Å². The van der Waals surface area contributed by atoms with E-state index < -0.39 is 30.0 Å². The highest BCUT2D eigenvalue weighted by molar-refractivity contribution is 5.98. The molecule has 194 valence electrons. The largest absolute Gasteiger partial charge is 0.493 e. The van der Waals surface area contributed by atoms with Crippen molar-refractivity contribution < 1.29 is 33.0 Å². The second-order valence-corrected chi connectivity index (χ2v) is 9.19. The lowest BCUT2D eigenvalue weighted by molar-refractivity contribution is -0.151. The molecule has 1 heterocycles. The Morgan fingerprint density at radius 2 is 1.83 bits per heavy atom. The highest BCUT2D eigenvalue weighted by Gasteiger charge is 2.35. The van der Waals surface area contributed by atoms with Crippen molar-refractivity contribution in [2.24, 2.45) is 5.92 Å². The lowest BCUT2D eigenvalue weighted by atomic mass is 9.79. The van der Waals surface area contributed by atoms with E-state index in [2.05, 4.69) is 10.3 Å². The molecule has 1 aliphatic carbocycles. The number of methoxy groups -OCH3 is 1. The lowest BCUT2D eigenvalue weighted by Crippen LogP contribution is -2.42. The topological polar surface area (TPSA) is 104 Å². The molecule has 0 saturated heterocycles. The number of amides is 1. The molecule has 1 aliphatic rings. The summed E-state index contributed by atoms with van der Waals surface area (Å²) in [5.74, 6) is -2.04. The molecule has 8 nitrogen and oxygen atoms in total. The van der Waals surface area contributed by atoms with E-state index in [0.717, 1.165) is 36.8 Å². The molecule has 1 N–H and O–H groups in total. The maximum Gasteiger partial charge on any atom is 0.328 e. The van der Waals surface area contributed by atoms with E-state index in [1.807, 2.05) is 13.8 Å². The number of esters is 2. The van der Waals surface area contributed by atoms with Crippen LogP contribution in [-0.4, -0.2) is 42.1 Å². The summed E-state index contributed by atoms with van der Waals surface area (Å²) < 4.78 is 29.9. The van der Waals surface area contributed by atoms with E-state index >= 15 is 0 Å².